The topological polar surface area (TPSA) is 6.48 Å². The highest BCUT2D eigenvalue weighted by Crippen LogP contribution is 2.47. The lowest BCUT2D eigenvalue weighted by atomic mass is 9.33. The SMILES string of the molecule is Cc1cc2c3c(c1)N(c1cccc(-c4ccccc4C)c1)c1cc(-c4ccccc4C)ccc1B3c1cc([Si](c3ccccc3)(c3ccccc3)c3ccccc3)ccc1N2c1cc(C(C)(C)C)cc(C(C)(C)C)c1. The fraction of sp³-hybridized carbons (Fsp3) is 0.155. The van der Waals surface area contributed by atoms with E-state index in [1.165, 1.54) is 116 Å². The maximum atomic E-state index is 2.66. The summed E-state index contributed by atoms with van der Waals surface area (Å²) in [5, 5.41) is 5.47. The molecule has 10 aromatic rings. The van der Waals surface area contributed by atoms with Crippen LogP contribution in [0, 0.1) is 20.8 Å². The molecule has 2 heterocycles. The molecular weight excluding hydrogens is 920 g/mol. The highest BCUT2D eigenvalue weighted by atomic mass is 28.3. The van der Waals surface area contributed by atoms with Crippen molar-refractivity contribution in [1.29, 1.82) is 0 Å². The first-order valence-corrected chi connectivity index (χ1v) is 28.8. The third-order valence-corrected chi connectivity index (χ3v) is 21.0. The Morgan fingerprint density at radius 3 is 1.36 bits per heavy atom. The van der Waals surface area contributed by atoms with Gasteiger partial charge in [-0.1, -0.05) is 224 Å². The third-order valence-electron chi connectivity index (χ3n) is 16.2. The molecule has 0 aliphatic carbocycles. The molecular formula is C71H65BN2Si. The van der Waals surface area contributed by atoms with Crippen LogP contribution in [0.3, 0.4) is 0 Å². The number of anilines is 6. The first kappa shape index (κ1) is 48.0. The van der Waals surface area contributed by atoms with Crippen LogP contribution in [0.4, 0.5) is 34.1 Å². The van der Waals surface area contributed by atoms with Crippen LogP contribution in [0.1, 0.15) is 69.4 Å². The van der Waals surface area contributed by atoms with Gasteiger partial charge in [-0.3, -0.25) is 0 Å². The standard InChI is InChI=1S/C71H65BN2Si/c1-48-40-67-69-68(41-48)74(56-45-53(70(4,5)6)44-54(46-56)71(7,8)9)65-39-37-60(75(57-28-13-10-14-29-57,58-30-15-11-16-31-58)59-32-17-12-18-33-59)47-64(65)72(69)63-38-36-52(62-35-22-20-25-50(62)3)43-66(63)73(67)55-27-23-26-51(42-55)61-34-21-19-24-49(61)2/h10-47H,1-9H3. The number of nitrogens with zero attached hydrogens (tertiary/aromatic N) is 2. The monoisotopic (exact) mass is 985 g/mol. The number of benzene rings is 10. The van der Waals surface area contributed by atoms with E-state index in [1.54, 1.807) is 0 Å². The largest absolute Gasteiger partial charge is 0.311 e. The van der Waals surface area contributed by atoms with Gasteiger partial charge in [0.05, 0.1) is 0 Å². The fourth-order valence-electron chi connectivity index (χ4n) is 12.4. The molecule has 366 valence electrons. The Labute approximate surface area is 447 Å². The van der Waals surface area contributed by atoms with E-state index in [0.29, 0.717) is 0 Å². The van der Waals surface area contributed by atoms with Crippen molar-refractivity contribution in [3.05, 3.63) is 258 Å². The minimum atomic E-state index is -2.96. The van der Waals surface area contributed by atoms with E-state index in [0.717, 1.165) is 5.69 Å². The van der Waals surface area contributed by atoms with Gasteiger partial charge in [-0.15, -0.1) is 0 Å². The van der Waals surface area contributed by atoms with E-state index in [2.05, 4.69) is 303 Å². The van der Waals surface area contributed by atoms with Gasteiger partial charge in [-0.2, -0.15) is 0 Å². The summed E-state index contributed by atoms with van der Waals surface area (Å²) < 4.78 is 0. The third kappa shape index (κ3) is 8.18. The van der Waals surface area contributed by atoms with Crippen molar-refractivity contribution >= 4 is 86.0 Å². The van der Waals surface area contributed by atoms with Crippen LogP contribution in [0.2, 0.25) is 0 Å². The zero-order valence-electron chi connectivity index (χ0n) is 44.9. The predicted molar refractivity (Wildman–Crippen MR) is 327 cm³/mol. The maximum Gasteiger partial charge on any atom is 0.252 e. The summed E-state index contributed by atoms with van der Waals surface area (Å²) in [5.74, 6) is 0. The molecule has 0 radical (unpaired) electrons. The van der Waals surface area contributed by atoms with Crippen molar-refractivity contribution in [2.45, 2.75) is 73.1 Å². The van der Waals surface area contributed by atoms with E-state index in [4.69, 9.17) is 0 Å². The molecule has 2 aliphatic heterocycles. The molecule has 0 bridgehead atoms. The summed E-state index contributed by atoms with van der Waals surface area (Å²) in [6.07, 6.45) is 0. The summed E-state index contributed by atoms with van der Waals surface area (Å²) in [5.41, 5.74) is 22.3. The van der Waals surface area contributed by atoms with Gasteiger partial charge in [0.2, 0.25) is 0 Å². The molecule has 75 heavy (non-hydrogen) atoms. The Morgan fingerprint density at radius 1 is 0.347 bits per heavy atom. The molecule has 10 aromatic carbocycles. The van der Waals surface area contributed by atoms with E-state index in [-0.39, 0.29) is 17.5 Å². The smallest absolute Gasteiger partial charge is 0.252 e. The second-order valence-corrected chi connectivity index (χ2v) is 27.0. The lowest BCUT2D eigenvalue weighted by molar-refractivity contribution is 0.569. The van der Waals surface area contributed by atoms with Gasteiger partial charge < -0.3 is 9.80 Å². The van der Waals surface area contributed by atoms with Gasteiger partial charge in [-0.05, 0) is 167 Å². The number of fused-ring (bicyclic) bond motifs is 4. The highest BCUT2D eigenvalue weighted by Gasteiger charge is 2.47. The fourth-order valence-corrected chi connectivity index (χ4v) is 17.2. The summed E-state index contributed by atoms with van der Waals surface area (Å²) in [7, 11) is -2.96. The van der Waals surface area contributed by atoms with Gasteiger partial charge in [-0.25, -0.2) is 0 Å². The van der Waals surface area contributed by atoms with Crippen LogP contribution in [-0.2, 0) is 10.8 Å². The molecule has 0 saturated heterocycles. The second kappa shape index (κ2) is 18.5. The van der Waals surface area contributed by atoms with Gasteiger partial charge in [0.1, 0.15) is 0 Å². The molecule has 0 amide bonds. The number of hydrogen-bond acceptors (Lipinski definition) is 2. The normalized spacial score (nSPS) is 13.1. The average Bonchev–Trinajstić information content (AvgIpc) is 3.43. The van der Waals surface area contributed by atoms with Crippen LogP contribution in [0.15, 0.2) is 231 Å². The number of rotatable bonds is 8. The molecule has 0 atom stereocenters. The average molecular weight is 985 g/mol. The predicted octanol–water partition coefficient (Wildman–Crippen LogP) is 14.0. The Morgan fingerprint density at radius 2 is 0.840 bits per heavy atom. The number of hydrogen-bond donors (Lipinski definition) is 0. The Hall–Kier alpha value is -7.92. The molecule has 0 N–H and O–H groups in total. The molecule has 0 spiro atoms. The molecule has 0 saturated carbocycles. The quantitative estimate of drug-likeness (QED) is 0.111. The van der Waals surface area contributed by atoms with Crippen LogP contribution in [0.5, 0.6) is 0 Å². The van der Waals surface area contributed by atoms with Crippen molar-refractivity contribution in [3.63, 3.8) is 0 Å². The van der Waals surface area contributed by atoms with Gasteiger partial charge in [0.25, 0.3) is 6.71 Å². The molecule has 0 fully saturated rings. The number of aryl methyl sites for hydroxylation is 3. The summed E-state index contributed by atoms with van der Waals surface area (Å²) in [6, 6.07) is 88.3. The Balaban J connectivity index is 1.21. The minimum Gasteiger partial charge on any atom is -0.311 e. The molecule has 0 unspecified atom stereocenters. The van der Waals surface area contributed by atoms with Gasteiger partial charge >= 0.3 is 0 Å². The van der Waals surface area contributed by atoms with E-state index in [9.17, 15) is 0 Å². The van der Waals surface area contributed by atoms with E-state index in [1.807, 2.05) is 0 Å². The lowest BCUT2D eigenvalue weighted by Gasteiger charge is -2.45. The van der Waals surface area contributed by atoms with Gasteiger partial charge in [0, 0.05) is 34.1 Å². The molecule has 2 nitrogen and oxygen atoms in total. The minimum absolute atomic E-state index is 0.0774. The van der Waals surface area contributed by atoms with Gasteiger partial charge in [0.15, 0.2) is 8.07 Å². The molecule has 12 rings (SSSR count). The zero-order chi connectivity index (χ0) is 51.8. The molecule has 0 aromatic heterocycles. The van der Waals surface area contributed by atoms with Crippen LogP contribution in [-0.4, -0.2) is 14.8 Å². The van der Waals surface area contributed by atoms with Crippen LogP contribution < -0.4 is 46.9 Å². The molecule has 4 heteroatoms. The van der Waals surface area contributed by atoms with Crippen molar-refractivity contribution in [1.82, 2.24) is 0 Å². The van der Waals surface area contributed by atoms with Crippen LogP contribution >= 0.6 is 0 Å². The van der Waals surface area contributed by atoms with E-state index >= 15 is 0 Å². The maximum absolute atomic E-state index is 2.96. The zero-order valence-corrected chi connectivity index (χ0v) is 45.9. The first-order valence-electron chi connectivity index (χ1n) is 26.8. The Kier molecular flexibility index (Phi) is 11.8. The van der Waals surface area contributed by atoms with Crippen molar-refractivity contribution in [3.8, 4) is 22.3 Å². The highest BCUT2D eigenvalue weighted by molar-refractivity contribution is 7.20. The summed E-state index contributed by atoms with van der Waals surface area (Å²) in [4.78, 5) is 5.23. The first-order chi connectivity index (χ1) is 36.2. The van der Waals surface area contributed by atoms with Crippen molar-refractivity contribution in [2.75, 3.05) is 9.80 Å². The summed E-state index contributed by atoms with van der Waals surface area (Å²) in [6.45, 7) is 20.8. The van der Waals surface area contributed by atoms with E-state index < -0.39 is 8.07 Å². The Bertz CT molecular complexity index is 3660. The van der Waals surface area contributed by atoms with Crippen LogP contribution in [0.25, 0.3) is 22.3 Å². The second-order valence-electron chi connectivity index (χ2n) is 23.2. The van der Waals surface area contributed by atoms with Crippen molar-refractivity contribution in [2.24, 2.45) is 0 Å². The lowest BCUT2D eigenvalue weighted by Crippen LogP contribution is -2.75. The molecule has 2 aliphatic rings. The summed E-state index contributed by atoms with van der Waals surface area (Å²) >= 11 is 0. The van der Waals surface area contributed by atoms with Crippen molar-refractivity contribution < 1.29 is 0 Å².